The molecule has 0 bridgehead atoms. The van der Waals surface area contributed by atoms with Gasteiger partial charge in [-0.2, -0.15) is 0 Å². The number of phenols is 4. The molecule has 0 spiro atoms. The maximum Gasteiger partial charge on any atom is 0.202 e. The highest BCUT2D eigenvalue weighted by Gasteiger charge is 2.23. The molecule has 0 atom stereocenters. The number of aromatic hydroxyl groups is 4. The van der Waals surface area contributed by atoms with Crippen molar-refractivity contribution in [2.24, 2.45) is 0 Å². The van der Waals surface area contributed by atoms with Crippen LogP contribution in [0.3, 0.4) is 0 Å². The van der Waals surface area contributed by atoms with Gasteiger partial charge in [0.1, 0.15) is 0 Å². The van der Waals surface area contributed by atoms with Crippen molar-refractivity contribution in [2.45, 2.75) is 9.79 Å². The third-order valence-corrected chi connectivity index (χ3v) is 6.49. The summed E-state index contributed by atoms with van der Waals surface area (Å²) in [5.74, 6) is -1.23. The number of benzene rings is 4. The highest BCUT2D eigenvalue weighted by Crippen LogP contribution is 2.53. The van der Waals surface area contributed by atoms with Crippen molar-refractivity contribution < 1.29 is 33.5 Å². The number of hydrogen-bond acceptors (Lipinski definition) is 9. The lowest BCUT2D eigenvalue weighted by molar-refractivity contribution is 0.350. The number of rotatable bonds is 6. The zero-order valence-electron chi connectivity index (χ0n) is 16.4. The zero-order valence-corrected chi connectivity index (χ0v) is 18.1. The third kappa shape index (κ3) is 3.50. The van der Waals surface area contributed by atoms with Crippen LogP contribution in [0.25, 0.3) is 21.5 Å². The van der Waals surface area contributed by atoms with Gasteiger partial charge in [0, 0.05) is 45.6 Å². The predicted molar refractivity (Wildman–Crippen MR) is 120 cm³/mol. The molecular weight excluding hydrogens is 440 g/mol. The van der Waals surface area contributed by atoms with Gasteiger partial charge in [-0.1, -0.05) is 48.5 Å². The molecule has 0 radical (unpaired) electrons. The van der Waals surface area contributed by atoms with Gasteiger partial charge in [0.05, 0.1) is 24.0 Å². The summed E-state index contributed by atoms with van der Waals surface area (Å²) in [4.78, 5) is 0.561. The van der Waals surface area contributed by atoms with E-state index in [9.17, 15) is 20.4 Å². The Labute approximate surface area is 186 Å². The first-order valence-electron chi connectivity index (χ1n) is 9.02. The highest BCUT2D eigenvalue weighted by molar-refractivity contribution is 8.08. The van der Waals surface area contributed by atoms with Crippen LogP contribution in [0.2, 0.25) is 0 Å². The van der Waals surface area contributed by atoms with E-state index in [1.807, 2.05) is 0 Å². The summed E-state index contributed by atoms with van der Waals surface area (Å²) in [5, 5.41) is 44.1. The van der Waals surface area contributed by atoms with E-state index in [1.54, 1.807) is 48.5 Å². The van der Waals surface area contributed by atoms with Gasteiger partial charge in [0.15, 0.2) is 23.0 Å². The number of phenolic OH excluding ortho intramolecular Hbond substituents is 4. The van der Waals surface area contributed by atoms with Gasteiger partial charge in [-0.25, -0.2) is 3.63 Å². The molecule has 7 nitrogen and oxygen atoms in total. The number of hydrogen-bond donors (Lipinski definition) is 4. The Hall–Kier alpha value is -3.14. The molecule has 0 aliphatic rings. The minimum Gasteiger partial charge on any atom is -0.503 e. The summed E-state index contributed by atoms with van der Waals surface area (Å²) < 4.78 is 16.1. The lowest BCUT2D eigenvalue weighted by Crippen LogP contribution is -1.90. The average Bonchev–Trinajstić information content (AvgIpc) is 2.79. The molecule has 4 aromatic carbocycles. The van der Waals surface area contributed by atoms with Crippen molar-refractivity contribution in [3.63, 3.8) is 0 Å². The van der Waals surface area contributed by atoms with Crippen molar-refractivity contribution >= 4 is 45.6 Å². The highest BCUT2D eigenvalue weighted by atomic mass is 32.2. The molecule has 31 heavy (non-hydrogen) atoms. The van der Waals surface area contributed by atoms with Gasteiger partial charge >= 0.3 is 0 Å². The second-order valence-electron chi connectivity index (χ2n) is 6.45. The van der Waals surface area contributed by atoms with Gasteiger partial charge in [0.2, 0.25) is 11.5 Å². The van der Waals surface area contributed by atoms with E-state index in [1.165, 1.54) is 14.2 Å². The molecule has 0 aliphatic heterocycles. The molecule has 0 aromatic heterocycles. The van der Waals surface area contributed by atoms with Crippen LogP contribution in [0.5, 0.6) is 34.5 Å². The Balaban J connectivity index is 1.72. The second-order valence-corrected chi connectivity index (χ2v) is 8.14. The predicted octanol–water partition coefficient (Wildman–Crippen LogP) is 5.56. The van der Waals surface area contributed by atoms with Gasteiger partial charge in [0.25, 0.3) is 0 Å². The van der Waals surface area contributed by atoms with Crippen LogP contribution in [0.1, 0.15) is 0 Å². The summed E-state index contributed by atoms with van der Waals surface area (Å²) in [6.45, 7) is 0. The van der Waals surface area contributed by atoms with E-state index < -0.39 is 11.5 Å². The first-order valence-corrected chi connectivity index (χ1v) is 10.5. The monoisotopic (exact) mass is 458 g/mol. The molecule has 4 aromatic rings. The molecule has 0 heterocycles. The molecular formula is C22H18O7S2. The smallest absolute Gasteiger partial charge is 0.202 e. The lowest BCUT2D eigenvalue weighted by Gasteiger charge is -2.15. The molecule has 160 valence electrons. The van der Waals surface area contributed by atoms with Crippen LogP contribution in [0.4, 0.5) is 0 Å². The van der Waals surface area contributed by atoms with Crippen molar-refractivity contribution in [2.75, 3.05) is 14.2 Å². The van der Waals surface area contributed by atoms with Crippen LogP contribution in [-0.4, -0.2) is 34.6 Å². The van der Waals surface area contributed by atoms with Crippen LogP contribution in [0.15, 0.2) is 58.3 Å². The first kappa shape index (κ1) is 21.1. The maximum absolute atomic E-state index is 10.5. The summed E-state index contributed by atoms with van der Waals surface area (Å²) in [5.41, 5.74) is 0. The van der Waals surface area contributed by atoms with E-state index in [0.717, 1.165) is 24.1 Å². The first-order chi connectivity index (χ1) is 15.0. The zero-order chi connectivity index (χ0) is 22.1. The Morgan fingerprint density at radius 2 is 0.903 bits per heavy atom. The van der Waals surface area contributed by atoms with E-state index in [0.29, 0.717) is 21.5 Å². The van der Waals surface area contributed by atoms with E-state index in [2.05, 4.69) is 0 Å². The van der Waals surface area contributed by atoms with Gasteiger partial charge in [-0.05, 0) is 0 Å². The Morgan fingerprint density at radius 3 is 1.26 bits per heavy atom. The fraction of sp³-hybridized carbons (Fsp3) is 0.0909. The summed E-state index contributed by atoms with van der Waals surface area (Å²) >= 11 is 1.62. The van der Waals surface area contributed by atoms with Crippen LogP contribution >= 0.6 is 24.1 Å². The minimum absolute atomic E-state index is 0.161. The normalized spacial score (nSPS) is 11.2. The SMILES string of the molecule is COc1c(O)c(O)c(SOSc2c(O)c(O)c(OC)c3ccccc23)c2ccccc12. The maximum atomic E-state index is 10.5. The van der Waals surface area contributed by atoms with Crippen molar-refractivity contribution in [1.82, 2.24) is 0 Å². The van der Waals surface area contributed by atoms with Crippen LogP contribution in [-0.2, 0) is 3.63 Å². The van der Waals surface area contributed by atoms with Gasteiger partial charge in [-0.3, -0.25) is 0 Å². The van der Waals surface area contributed by atoms with Gasteiger partial charge in [-0.15, -0.1) is 0 Å². The molecule has 9 heteroatoms. The topological polar surface area (TPSA) is 109 Å². The Bertz CT molecular complexity index is 1190. The fourth-order valence-electron chi connectivity index (χ4n) is 3.37. The quantitative estimate of drug-likeness (QED) is 0.218. The largest absolute Gasteiger partial charge is 0.503 e. The van der Waals surface area contributed by atoms with Crippen molar-refractivity contribution in [1.29, 1.82) is 0 Å². The van der Waals surface area contributed by atoms with E-state index in [-0.39, 0.29) is 32.8 Å². The third-order valence-electron chi connectivity index (χ3n) is 4.78. The Kier molecular flexibility index (Phi) is 5.81. The van der Waals surface area contributed by atoms with Crippen molar-refractivity contribution in [3.05, 3.63) is 48.5 Å². The average molecular weight is 459 g/mol. The standard InChI is InChI=1S/C22H18O7S2/c1-27-19-11-7-3-5-9-13(11)21(17(25)15(19)23)30-29-31-22-14-10-6-4-8-12(14)20(28-2)16(24)18(22)26/h3-10,23-26H,1-2H3. The van der Waals surface area contributed by atoms with Crippen LogP contribution < -0.4 is 9.47 Å². The van der Waals surface area contributed by atoms with Gasteiger partial charge < -0.3 is 29.9 Å². The van der Waals surface area contributed by atoms with Crippen LogP contribution in [0, 0.1) is 0 Å². The molecule has 0 fully saturated rings. The molecule has 0 saturated heterocycles. The number of fused-ring (bicyclic) bond motifs is 2. The fourth-order valence-corrected chi connectivity index (χ4v) is 4.93. The summed E-state index contributed by atoms with van der Waals surface area (Å²) in [6.07, 6.45) is 0. The van der Waals surface area contributed by atoms with Crippen molar-refractivity contribution in [3.8, 4) is 34.5 Å². The molecule has 0 amide bonds. The molecule has 0 saturated carbocycles. The Morgan fingerprint density at radius 1 is 0.548 bits per heavy atom. The van der Waals surface area contributed by atoms with E-state index >= 15 is 0 Å². The molecule has 0 unspecified atom stereocenters. The number of methoxy groups -OCH3 is 2. The molecule has 4 rings (SSSR count). The van der Waals surface area contributed by atoms with E-state index in [4.69, 9.17) is 13.1 Å². The molecule has 4 N–H and O–H groups in total. The second kappa shape index (κ2) is 8.54. The number of ether oxygens (including phenoxy) is 2. The minimum atomic E-state index is -0.396. The summed E-state index contributed by atoms with van der Waals surface area (Å²) in [7, 11) is 2.81. The molecule has 0 aliphatic carbocycles. The summed E-state index contributed by atoms with van der Waals surface area (Å²) in [6, 6.07) is 14.2. The lowest BCUT2D eigenvalue weighted by atomic mass is 10.1.